The minimum atomic E-state index is 0.616. The van der Waals surface area contributed by atoms with Crippen LogP contribution < -0.4 is 4.74 Å². The minimum Gasteiger partial charge on any atom is -0.439 e. The highest BCUT2D eigenvalue weighted by Gasteiger charge is 2.04. The van der Waals surface area contributed by atoms with Crippen molar-refractivity contribution in [3.63, 3.8) is 0 Å². The van der Waals surface area contributed by atoms with Crippen LogP contribution in [-0.4, -0.2) is 4.98 Å². The van der Waals surface area contributed by atoms with E-state index in [1.54, 1.807) is 0 Å². The number of ether oxygens (including phenoxy) is 1. The zero-order valence-electron chi connectivity index (χ0n) is 11.4. The van der Waals surface area contributed by atoms with Crippen LogP contribution in [0.1, 0.15) is 0 Å². The fraction of sp³-hybridized carbons (Fsp3) is 0. The fourth-order valence-electron chi connectivity index (χ4n) is 2.55. The van der Waals surface area contributed by atoms with Crippen LogP contribution in [-0.2, 0) is 0 Å². The van der Waals surface area contributed by atoms with Crippen LogP contribution in [0.2, 0.25) is 0 Å². The van der Waals surface area contributed by atoms with E-state index in [0.29, 0.717) is 5.88 Å². The molecule has 21 heavy (non-hydrogen) atoms. The predicted octanol–water partition coefficient (Wildman–Crippen LogP) is 5.18. The summed E-state index contributed by atoms with van der Waals surface area (Å²) >= 11 is 0. The molecule has 0 fully saturated rings. The molecule has 4 aromatic rings. The van der Waals surface area contributed by atoms with Gasteiger partial charge in [0.05, 0.1) is 0 Å². The maximum Gasteiger partial charge on any atom is 0.219 e. The standard InChI is InChI=1S/C19H13NO/c1-2-7-16(8-3-1)21-19-12-18-15(13-20-19)11-10-14-6-4-5-9-17(14)18/h1-13H. The number of fused-ring (bicyclic) bond motifs is 3. The Bertz CT molecular complexity index is 916. The molecule has 4 rings (SSSR count). The summed E-state index contributed by atoms with van der Waals surface area (Å²) in [5, 5.41) is 4.72. The summed E-state index contributed by atoms with van der Waals surface area (Å²) in [5.41, 5.74) is 0. The second-order valence-electron chi connectivity index (χ2n) is 4.95. The SMILES string of the molecule is c1ccc(Oc2cc3c(ccc4ccccc43)cn2)cc1. The molecule has 1 heterocycles. The summed E-state index contributed by atoms with van der Waals surface area (Å²) in [5.74, 6) is 1.41. The Kier molecular flexibility index (Phi) is 2.79. The summed E-state index contributed by atoms with van der Waals surface area (Å²) in [6.45, 7) is 0. The van der Waals surface area contributed by atoms with Gasteiger partial charge in [0.15, 0.2) is 0 Å². The number of pyridine rings is 1. The van der Waals surface area contributed by atoms with Crippen molar-refractivity contribution in [2.75, 3.05) is 0 Å². The van der Waals surface area contributed by atoms with Crippen molar-refractivity contribution in [1.29, 1.82) is 0 Å². The van der Waals surface area contributed by atoms with Gasteiger partial charge in [0.2, 0.25) is 5.88 Å². The quantitative estimate of drug-likeness (QED) is 0.469. The van der Waals surface area contributed by atoms with Crippen molar-refractivity contribution in [2.24, 2.45) is 0 Å². The Labute approximate surface area is 122 Å². The topological polar surface area (TPSA) is 22.1 Å². The molecular weight excluding hydrogens is 258 g/mol. The molecule has 0 N–H and O–H groups in total. The van der Waals surface area contributed by atoms with Crippen molar-refractivity contribution < 1.29 is 4.74 Å². The molecule has 0 bridgehead atoms. The van der Waals surface area contributed by atoms with Gasteiger partial charge in [0, 0.05) is 17.6 Å². The molecule has 0 saturated heterocycles. The number of rotatable bonds is 2. The van der Waals surface area contributed by atoms with Crippen molar-refractivity contribution in [3.05, 3.63) is 79.0 Å². The van der Waals surface area contributed by atoms with Crippen molar-refractivity contribution in [1.82, 2.24) is 4.98 Å². The van der Waals surface area contributed by atoms with Crippen molar-refractivity contribution in [2.45, 2.75) is 0 Å². The molecule has 0 atom stereocenters. The molecular formula is C19H13NO. The van der Waals surface area contributed by atoms with Gasteiger partial charge in [-0.25, -0.2) is 4.98 Å². The first-order valence-corrected chi connectivity index (χ1v) is 6.90. The first kappa shape index (κ1) is 11.9. The van der Waals surface area contributed by atoms with E-state index >= 15 is 0 Å². The molecule has 3 aromatic carbocycles. The number of aromatic nitrogens is 1. The number of hydrogen-bond acceptors (Lipinski definition) is 2. The van der Waals surface area contributed by atoms with Gasteiger partial charge in [0.25, 0.3) is 0 Å². The number of para-hydroxylation sites is 1. The third-order valence-electron chi connectivity index (χ3n) is 3.57. The van der Waals surface area contributed by atoms with E-state index in [1.165, 1.54) is 10.8 Å². The largest absolute Gasteiger partial charge is 0.439 e. The van der Waals surface area contributed by atoms with Crippen LogP contribution in [0.4, 0.5) is 0 Å². The van der Waals surface area contributed by atoms with Crippen LogP contribution in [0.3, 0.4) is 0 Å². The molecule has 0 unspecified atom stereocenters. The summed E-state index contributed by atoms with van der Waals surface area (Å²) in [6, 6.07) is 24.3. The van der Waals surface area contributed by atoms with Gasteiger partial charge < -0.3 is 4.74 Å². The average molecular weight is 271 g/mol. The van der Waals surface area contributed by atoms with Crippen LogP contribution in [0.25, 0.3) is 21.5 Å². The molecule has 0 radical (unpaired) electrons. The van der Waals surface area contributed by atoms with E-state index in [-0.39, 0.29) is 0 Å². The lowest BCUT2D eigenvalue weighted by molar-refractivity contribution is 0.464. The van der Waals surface area contributed by atoms with E-state index in [1.807, 2.05) is 42.6 Å². The van der Waals surface area contributed by atoms with Crippen LogP contribution in [0.15, 0.2) is 79.0 Å². The molecule has 0 spiro atoms. The molecule has 0 aliphatic heterocycles. The van der Waals surface area contributed by atoms with E-state index in [0.717, 1.165) is 16.5 Å². The van der Waals surface area contributed by atoms with E-state index in [9.17, 15) is 0 Å². The zero-order chi connectivity index (χ0) is 14.1. The smallest absolute Gasteiger partial charge is 0.219 e. The lowest BCUT2D eigenvalue weighted by atomic mass is 10.0. The Morgan fingerprint density at radius 2 is 1.43 bits per heavy atom. The number of nitrogens with zero attached hydrogens (tertiary/aromatic N) is 1. The Morgan fingerprint density at radius 1 is 0.667 bits per heavy atom. The Hall–Kier alpha value is -2.87. The summed E-state index contributed by atoms with van der Waals surface area (Å²) in [6.07, 6.45) is 1.86. The maximum absolute atomic E-state index is 5.82. The fourth-order valence-corrected chi connectivity index (χ4v) is 2.55. The minimum absolute atomic E-state index is 0.616. The van der Waals surface area contributed by atoms with Gasteiger partial charge in [-0.1, -0.05) is 54.6 Å². The van der Waals surface area contributed by atoms with Crippen molar-refractivity contribution >= 4 is 21.5 Å². The van der Waals surface area contributed by atoms with Crippen molar-refractivity contribution in [3.8, 4) is 11.6 Å². The normalized spacial score (nSPS) is 10.9. The molecule has 1 aromatic heterocycles. The van der Waals surface area contributed by atoms with Crippen LogP contribution in [0, 0.1) is 0 Å². The van der Waals surface area contributed by atoms with Crippen LogP contribution in [0.5, 0.6) is 11.6 Å². The lowest BCUT2D eigenvalue weighted by Crippen LogP contribution is -1.88. The van der Waals surface area contributed by atoms with Gasteiger partial charge in [-0.05, 0) is 28.3 Å². The van der Waals surface area contributed by atoms with Gasteiger partial charge in [0.1, 0.15) is 5.75 Å². The van der Waals surface area contributed by atoms with Gasteiger partial charge in [-0.3, -0.25) is 0 Å². The molecule has 0 aliphatic carbocycles. The molecule has 2 nitrogen and oxygen atoms in total. The molecule has 2 heteroatoms. The predicted molar refractivity (Wildman–Crippen MR) is 85.8 cm³/mol. The third kappa shape index (κ3) is 2.21. The Morgan fingerprint density at radius 3 is 2.33 bits per heavy atom. The molecule has 100 valence electrons. The van der Waals surface area contributed by atoms with E-state index in [4.69, 9.17) is 4.74 Å². The molecule has 0 saturated carbocycles. The maximum atomic E-state index is 5.82. The highest BCUT2D eigenvalue weighted by molar-refractivity contribution is 6.07. The molecule has 0 amide bonds. The second kappa shape index (κ2) is 4.91. The monoisotopic (exact) mass is 271 g/mol. The number of benzene rings is 3. The van der Waals surface area contributed by atoms with E-state index < -0.39 is 0 Å². The highest BCUT2D eigenvalue weighted by atomic mass is 16.5. The summed E-state index contributed by atoms with van der Waals surface area (Å²) in [4.78, 5) is 4.39. The number of hydrogen-bond donors (Lipinski definition) is 0. The first-order chi connectivity index (χ1) is 10.4. The average Bonchev–Trinajstić information content (AvgIpc) is 2.56. The molecule has 0 aliphatic rings. The zero-order valence-corrected chi connectivity index (χ0v) is 11.4. The Balaban J connectivity index is 1.86. The third-order valence-corrected chi connectivity index (χ3v) is 3.57. The second-order valence-corrected chi connectivity index (χ2v) is 4.95. The summed E-state index contributed by atoms with van der Waals surface area (Å²) < 4.78 is 5.82. The first-order valence-electron chi connectivity index (χ1n) is 6.90. The lowest BCUT2D eigenvalue weighted by Gasteiger charge is -2.07. The van der Waals surface area contributed by atoms with Gasteiger partial charge in [-0.2, -0.15) is 0 Å². The highest BCUT2D eigenvalue weighted by Crippen LogP contribution is 2.28. The van der Waals surface area contributed by atoms with Crippen LogP contribution >= 0.6 is 0 Å². The summed E-state index contributed by atoms with van der Waals surface area (Å²) in [7, 11) is 0. The van der Waals surface area contributed by atoms with Gasteiger partial charge in [-0.15, -0.1) is 0 Å². The van der Waals surface area contributed by atoms with E-state index in [2.05, 4.69) is 41.4 Å². The van der Waals surface area contributed by atoms with Gasteiger partial charge >= 0.3 is 0 Å².